The lowest BCUT2D eigenvalue weighted by atomic mass is 9.96. The van der Waals surface area contributed by atoms with Crippen LogP contribution in [0, 0.1) is 0 Å². The van der Waals surface area contributed by atoms with Crippen molar-refractivity contribution in [2.75, 3.05) is 4.90 Å². The average Bonchev–Trinajstić information content (AvgIpc) is 3.96. The first-order valence-electron chi connectivity index (χ1n) is 19.7. The molecule has 0 radical (unpaired) electrons. The van der Waals surface area contributed by atoms with Crippen molar-refractivity contribution >= 4 is 134 Å². The van der Waals surface area contributed by atoms with Gasteiger partial charge in [0, 0.05) is 63.5 Å². The molecule has 4 heteroatoms. The minimum absolute atomic E-state index is 1.12. The minimum Gasteiger partial charge on any atom is -0.309 e. The molecule has 0 N–H and O–H groups in total. The number of aromatic nitrogens is 1. The molecule has 0 aliphatic rings. The van der Waals surface area contributed by atoms with Gasteiger partial charge in [-0.1, -0.05) is 127 Å². The summed E-state index contributed by atoms with van der Waals surface area (Å²) in [6, 6.07) is 72.2. The summed E-state index contributed by atoms with van der Waals surface area (Å²) in [6.45, 7) is 0. The summed E-state index contributed by atoms with van der Waals surface area (Å²) >= 11 is 3.74. The van der Waals surface area contributed by atoms with Crippen LogP contribution in [0.2, 0.25) is 0 Å². The molecule has 0 unspecified atom stereocenters. The van der Waals surface area contributed by atoms with E-state index in [0.717, 1.165) is 11.4 Å². The third-order valence-corrected chi connectivity index (χ3v) is 14.5. The summed E-state index contributed by atoms with van der Waals surface area (Å²) in [4.78, 5) is 2.49. The Labute approximate surface area is 341 Å². The SMILES string of the molecule is c1ccc2c(c1)ccc1c3cc(N(c4ccc5c6ccccc6n(-c6ccc7sc8ccccc8c7c6)c5c4)c4cccc5c4sc4ccccc45)ccc3ccc21. The summed E-state index contributed by atoms with van der Waals surface area (Å²) in [7, 11) is 0. The summed E-state index contributed by atoms with van der Waals surface area (Å²) < 4.78 is 7.68. The summed E-state index contributed by atoms with van der Waals surface area (Å²) in [5, 5.41) is 15.3. The first-order valence-corrected chi connectivity index (χ1v) is 21.4. The van der Waals surface area contributed by atoms with Crippen molar-refractivity contribution in [3.8, 4) is 5.69 Å². The molecule has 13 aromatic rings. The number of nitrogens with zero attached hydrogens (tertiary/aromatic N) is 2. The Hall–Kier alpha value is -6.98. The molecule has 0 spiro atoms. The van der Waals surface area contributed by atoms with Gasteiger partial charge in [0.15, 0.2) is 0 Å². The molecule has 0 fully saturated rings. The van der Waals surface area contributed by atoms with Crippen LogP contribution in [0.4, 0.5) is 17.1 Å². The van der Waals surface area contributed by atoms with Gasteiger partial charge < -0.3 is 9.47 Å². The highest BCUT2D eigenvalue weighted by molar-refractivity contribution is 7.26. The van der Waals surface area contributed by atoms with Gasteiger partial charge in [0.05, 0.1) is 21.4 Å². The zero-order valence-corrected chi connectivity index (χ0v) is 32.8. The molecule has 2 nitrogen and oxygen atoms in total. The Bertz CT molecular complexity index is 3830. The van der Waals surface area contributed by atoms with Crippen molar-refractivity contribution in [1.82, 2.24) is 4.57 Å². The van der Waals surface area contributed by atoms with Crippen LogP contribution in [0.15, 0.2) is 194 Å². The second-order valence-corrected chi connectivity index (χ2v) is 17.4. The van der Waals surface area contributed by atoms with E-state index < -0.39 is 0 Å². The zero-order chi connectivity index (χ0) is 37.9. The lowest BCUT2D eigenvalue weighted by Crippen LogP contribution is -2.10. The molecule has 0 atom stereocenters. The molecule has 0 saturated heterocycles. The van der Waals surface area contributed by atoms with Crippen molar-refractivity contribution in [3.05, 3.63) is 194 Å². The van der Waals surface area contributed by atoms with E-state index in [1.807, 2.05) is 22.7 Å². The largest absolute Gasteiger partial charge is 0.309 e. The van der Waals surface area contributed by atoms with Gasteiger partial charge in [-0.05, 0) is 99.0 Å². The molecule has 3 heterocycles. The van der Waals surface area contributed by atoms with E-state index in [4.69, 9.17) is 0 Å². The minimum atomic E-state index is 1.12. The van der Waals surface area contributed by atoms with Crippen molar-refractivity contribution in [1.29, 1.82) is 0 Å². The van der Waals surface area contributed by atoms with Gasteiger partial charge in [0.1, 0.15) is 0 Å². The maximum absolute atomic E-state index is 2.49. The second kappa shape index (κ2) is 12.3. The third-order valence-electron chi connectivity index (χ3n) is 12.1. The fourth-order valence-corrected chi connectivity index (χ4v) is 11.8. The third kappa shape index (κ3) is 4.64. The molecule has 0 saturated carbocycles. The monoisotopic (exact) mass is 772 g/mol. The first-order chi connectivity index (χ1) is 28.7. The standard InChI is InChI=1S/C54H32N2S2/c1-2-11-38-33(10-1)21-27-40-39(38)26-22-34-20-23-35(30-46(34)40)55(49-17-9-15-45-43-13-4-8-19-52(43)58-54(45)49)37-24-28-42-41-12-3-6-16-48(41)56(50(42)32-37)36-25-29-53-47(31-36)44-14-5-7-18-51(44)57-53/h1-32H. The van der Waals surface area contributed by atoms with Crippen LogP contribution in [-0.2, 0) is 0 Å². The molecule has 58 heavy (non-hydrogen) atoms. The second-order valence-electron chi connectivity index (χ2n) is 15.3. The van der Waals surface area contributed by atoms with Crippen molar-refractivity contribution in [3.63, 3.8) is 0 Å². The Morgan fingerprint density at radius 2 is 0.914 bits per heavy atom. The van der Waals surface area contributed by atoms with Gasteiger partial charge in [-0.15, -0.1) is 22.7 Å². The fourth-order valence-electron chi connectivity index (χ4n) is 9.51. The van der Waals surface area contributed by atoms with E-state index in [0.29, 0.717) is 0 Å². The molecular weight excluding hydrogens is 741 g/mol. The fraction of sp³-hybridized carbons (Fsp3) is 0. The van der Waals surface area contributed by atoms with E-state index in [9.17, 15) is 0 Å². The molecule has 10 aromatic carbocycles. The van der Waals surface area contributed by atoms with Gasteiger partial charge in [-0.3, -0.25) is 0 Å². The Balaban J connectivity index is 1.10. The maximum atomic E-state index is 2.49. The number of fused-ring (bicyclic) bond motifs is 14. The van der Waals surface area contributed by atoms with Gasteiger partial charge in [0.2, 0.25) is 0 Å². The highest BCUT2D eigenvalue weighted by Gasteiger charge is 2.22. The van der Waals surface area contributed by atoms with E-state index in [1.54, 1.807) is 0 Å². The van der Waals surface area contributed by atoms with Crippen molar-refractivity contribution in [2.24, 2.45) is 0 Å². The molecule has 0 aliphatic heterocycles. The number of thiophene rings is 2. The van der Waals surface area contributed by atoms with Crippen LogP contribution in [0.5, 0.6) is 0 Å². The number of para-hydroxylation sites is 1. The van der Waals surface area contributed by atoms with Gasteiger partial charge in [-0.25, -0.2) is 0 Å². The van der Waals surface area contributed by atoms with E-state index in [2.05, 4.69) is 204 Å². The topological polar surface area (TPSA) is 8.17 Å². The van der Waals surface area contributed by atoms with Crippen LogP contribution in [0.25, 0.3) is 100 Å². The predicted octanol–water partition coefficient (Wildman–Crippen LogP) is 16.4. The van der Waals surface area contributed by atoms with E-state index >= 15 is 0 Å². The van der Waals surface area contributed by atoms with E-state index in [-0.39, 0.29) is 0 Å². The number of hydrogen-bond acceptors (Lipinski definition) is 3. The van der Waals surface area contributed by atoms with Crippen molar-refractivity contribution < 1.29 is 0 Å². The molecule has 3 aromatic heterocycles. The number of benzene rings is 10. The van der Waals surface area contributed by atoms with Crippen LogP contribution in [0.3, 0.4) is 0 Å². The van der Waals surface area contributed by atoms with Gasteiger partial charge >= 0.3 is 0 Å². The molecule has 270 valence electrons. The Morgan fingerprint density at radius 1 is 0.328 bits per heavy atom. The first kappa shape index (κ1) is 32.1. The highest BCUT2D eigenvalue weighted by atomic mass is 32.1. The summed E-state index contributed by atoms with van der Waals surface area (Å²) in [5.74, 6) is 0. The van der Waals surface area contributed by atoms with E-state index in [1.165, 1.54) is 106 Å². The smallest absolute Gasteiger partial charge is 0.0640 e. The molecule has 0 aliphatic carbocycles. The predicted molar refractivity (Wildman–Crippen MR) is 254 cm³/mol. The van der Waals surface area contributed by atoms with Gasteiger partial charge in [0.25, 0.3) is 0 Å². The Morgan fingerprint density at radius 3 is 1.78 bits per heavy atom. The molecule has 0 bridgehead atoms. The normalized spacial score (nSPS) is 12.1. The molecular formula is C54H32N2S2. The summed E-state index contributed by atoms with van der Waals surface area (Å²) in [5.41, 5.74) is 6.98. The van der Waals surface area contributed by atoms with Gasteiger partial charge in [-0.2, -0.15) is 0 Å². The zero-order valence-electron chi connectivity index (χ0n) is 31.2. The highest BCUT2D eigenvalue weighted by Crippen LogP contribution is 2.47. The maximum Gasteiger partial charge on any atom is 0.0640 e. The number of rotatable bonds is 4. The number of anilines is 3. The van der Waals surface area contributed by atoms with Crippen LogP contribution in [0.1, 0.15) is 0 Å². The lowest BCUT2D eigenvalue weighted by Gasteiger charge is -2.27. The molecule has 13 rings (SSSR count). The number of hydrogen-bond donors (Lipinski definition) is 0. The average molecular weight is 773 g/mol. The van der Waals surface area contributed by atoms with Crippen LogP contribution < -0.4 is 4.90 Å². The van der Waals surface area contributed by atoms with Crippen LogP contribution >= 0.6 is 22.7 Å². The summed E-state index contributed by atoms with van der Waals surface area (Å²) in [6.07, 6.45) is 0. The van der Waals surface area contributed by atoms with Crippen LogP contribution in [-0.4, -0.2) is 4.57 Å². The quantitative estimate of drug-likeness (QED) is 0.162. The molecule has 0 amide bonds. The lowest BCUT2D eigenvalue weighted by molar-refractivity contribution is 1.18. The Kier molecular flexibility index (Phi) is 6.79. The van der Waals surface area contributed by atoms with Crippen molar-refractivity contribution in [2.45, 2.75) is 0 Å².